The maximum Gasteiger partial charge on any atom is 0.419 e. The van der Waals surface area contributed by atoms with Crippen LogP contribution in [0.3, 0.4) is 0 Å². The first-order chi connectivity index (χ1) is 13.1. The van der Waals surface area contributed by atoms with Gasteiger partial charge in [0.1, 0.15) is 5.75 Å². The van der Waals surface area contributed by atoms with Gasteiger partial charge in [-0.1, -0.05) is 42.7 Å². The normalized spacial score (nSPS) is 12.2. The lowest BCUT2D eigenvalue weighted by atomic mass is 10.0. The number of halogens is 6. The van der Waals surface area contributed by atoms with Gasteiger partial charge in [0.15, 0.2) is 0 Å². The molecule has 0 aliphatic carbocycles. The van der Waals surface area contributed by atoms with Crippen molar-refractivity contribution in [3.05, 3.63) is 64.7 Å². The van der Waals surface area contributed by atoms with E-state index in [0.717, 1.165) is 31.0 Å². The van der Waals surface area contributed by atoms with Gasteiger partial charge in [-0.15, -0.1) is 0 Å². The number of hydrogen-bond donors (Lipinski definition) is 0. The Morgan fingerprint density at radius 3 is 2.18 bits per heavy atom. The lowest BCUT2D eigenvalue weighted by molar-refractivity contribution is -0.139. The minimum atomic E-state index is -4.47. The molecule has 0 radical (unpaired) electrons. The molecule has 7 heteroatoms. The number of ether oxygens (including phenoxy) is 1. The smallest absolute Gasteiger partial charge is 0.419 e. The minimum absolute atomic E-state index is 0.162. The van der Waals surface area contributed by atoms with Gasteiger partial charge in [0.25, 0.3) is 0 Å². The summed E-state index contributed by atoms with van der Waals surface area (Å²) in [5.41, 5.74) is -0.302. The summed E-state index contributed by atoms with van der Waals surface area (Å²) >= 11 is 0. The average molecular weight is 404 g/mol. The Bertz CT molecular complexity index is 764. The molecule has 0 fully saturated rings. The summed E-state index contributed by atoms with van der Waals surface area (Å²) in [6, 6.07) is 9.20. The number of rotatable bonds is 8. The summed E-state index contributed by atoms with van der Waals surface area (Å²) in [6.07, 6.45) is -5.51. The molecule has 28 heavy (non-hydrogen) atoms. The van der Waals surface area contributed by atoms with Crippen LogP contribution in [0.25, 0.3) is 0 Å². The van der Waals surface area contributed by atoms with E-state index in [1.165, 1.54) is 12.1 Å². The van der Waals surface area contributed by atoms with E-state index < -0.39 is 23.5 Å². The van der Waals surface area contributed by atoms with E-state index in [1.54, 1.807) is 19.1 Å². The summed E-state index contributed by atoms with van der Waals surface area (Å²) in [5, 5.41) is 0. The fourth-order valence-corrected chi connectivity index (χ4v) is 2.86. The highest BCUT2D eigenvalue weighted by molar-refractivity contribution is 5.38. The second kappa shape index (κ2) is 9.34. The Kier molecular flexibility index (Phi) is 7.38. The van der Waals surface area contributed by atoms with Crippen LogP contribution in [0, 0.1) is 6.92 Å². The molecule has 0 unspecified atom stereocenters. The fourth-order valence-electron chi connectivity index (χ4n) is 2.86. The fraction of sp³-hybridized carbons (Fsp3) is 0.429. The Labute approximate surface area is 160 Å². The highest BCUT2D eigenvalue weighted by Gasteiger charge is 2.34. The van der Waals surface area contributed by atoms with Crippen molar-refractivity contribution in [2.75, 3.05) is 6.61 Å². The molecule has 0 aliphatic heterocycles. The lowest BCUT2D eigenvalue weighted by Gasteiger charge is -2.14. The monoisotopic (exact) mass is 404 g/mol. The summed E-state index contributed by atoms with van der Waals surface area (Å²) < 4.78 is 82.4. The molecule has 0 bridgehead atoms. The zero-order valence-corrected chi connectivity index (χ0v) is 15.5. The molecule has 2 aromatic rings. The summed E-state index contributed by atoms with van der Waals surface area (Å²) in [5.74, 6) is -0.179. The zero-order valence-electron chi connectivity index (χ0n) is 15.5. The van der Waals surface area contributed by atoms with Crippen molar-refractivity contribution in [3.8, 4) is 5.75 Å². The topological polar surface area (TPSA) is 9.23 Å². The number of alkyl halides is 6. The van der Waals surface area contributed by atoms with Gasteiger partial charge >= 0.3 is 12.4 Å². The summed E-state index contributed by atoms with van der Waals surface area (Å²) in [6.45, 7) is 1.75. The van der Waals surface area contributed by atoms with Crippen molar-refractivity contribution in [2.45, 2.75) is 51.4 Å². The summed E-state index contributed by atoms with van der Waals surface area (Å²) in [4.78, 5) is 0. The van der Waals surface area contributed by atoms with Gasteiger partial charge in [-0.05, 0) is 49.9 Å². The van der Waals surface area contributed by atoms with E-state index in [1.807, 2.05) is 0 Å². The van der Waals surface area contributed by atoms with Crippen molar-refractivity contribution < 1.29 is 31.1 Å². The third-order valence-corrected chi connectivity index (χ3v) is 4.31. The van der Waals surface area contributed by atoms with Gasteiger partial charge in [0, 0.05) is 0 Å². The second-order valence-electron chi connectivity index (χ2n) is 6.71. The van der Waals surface area contributed by atoms with Crippen molar-refractivity contribution in [3.63, 3.8) is 0 Å². The quantitative estimate of drug-likeness (QED) is 0.334. The van der Waals surface area contributed by atoms with E-state index in [0.29, 0.717) is 30.4 Å². The summed E-state index contributed by atoms with van der Waals surface area (Å²) in [7, 11) is 0. The van der Waals surface area contributed by atoms with Gasteiger partial charge in [-0.25, -0.2) is 0 Å². The highest BCUT2D eigenvalue weighted by Crippen LogP contribution is 2.37. The molecule has 2 aromatic carbocycles. The maximum atomic E-state index is 13.0. The molecule has 2 rings (SSSR count). The largest absolute Gasteiger partial charge is 0.493 e. The molecule has 0 heterocycles. The molecule has 0 saturated heterocycles. The van der Waals surface area contributed by atoms with Crippen LogP contribution in [-0.4, -0.2) is 6.61 Å². The Hall–Kier alpha value is -2.18. The predicted octanol–water partition coefficient (Wildman–Crippen LogP) is 7.21. The van der Waals surface area contributed by atoms with E-state index in [4.69, 9.17) is 4.74 Å². The first-order valence-corrected chi connectivity index (χ1v) is 9.04. The first kappa shape index (κ1) is 22.1. The predicted molar refractivity (Wildman–Crippen MR) is 95.3 cm³/mol. The molecule has 0 aromatic heterocycles. The number of aryl methyl sites for hydroxylation is 2. The van der Waals surface area contributed by atoms with Crippen LogP contribution in [0.2, 0.25) is 0 Å². The van der Waals surface area contributed by atoms with Gasteiger partial charge in [-0.2, -0.15) is 26.3 Å². The van der Waals surface area contributed by atoms with E-state index in [-0.39, 0.29) is 12.4 Å². The van der Waals surface area contributed by atoms with E-state index in [9.17, 15) is 26.3 Å². The molecule has 1 nitrogen and oxygen atoms in total. The van der Waals surface area contributed by atoms with Gasteiger partial charge in [0.2, 0.25) is 0 Å². The first-order valence-electron chi connectivity index (χ1n) is 9.04. The molecular weight excluding hydrogens is 382 g/mol. The molecule has 0 spiro atoms. The zero-order chi connectivity index (χ0) is 20.8. The molecule has 0 atom stereocenters. The maximum absolute atomic E-state index is 13.0. The standard InChI is InChI=1S/C21H22F6O/c1-15-10-11-19(18(13-15)21(25,26)27)28-12-5-3-2-4-7-16-8-6-9-17(14-16)20(22,23)24/h6,8-11,13-14H,2-5,7,12H2,1H3. The molecule has 0 N–H and O–H groups in total. The van der Waals surface area contributed by atoms with Crippen LogP contribution in [0.15, 0.2) is 42.5 Å². The molecule has 0 amide bonds. The minimum Gasteiger partial charge on any atom is -0.493 e. The van der Waals surface area contributed by atoms with Gasteiger partial charge in [-0.3, -0.25) is 0 Å². The van der Waals surface area contributed by atoms with Gasteiger partial charge in [0.05, 0.1) is 17.7 Å². The van der Waals surface area contributed by atoms with Crippen LogP contribution in [0.1, 0.15) is 47.9 Å². The third kappa shape index (κ3) is 6.77. The molecule has 154 valence electrons. The van der Waals surface area contributed by atoms with E-state index >= 15 is 0 Å². The van der Waals surface area contributed by atoms with Gasteiger partial charge < -0.3 is 4.74 Å². The third-order valence-electron chi connectivity index (χ3n) is 4.31. The number of unbranched alkanes of at least 4 members (excludes halogenated alkanes) is 3. The van der Waals surface area contributed by atoms with Crippen molar-refractivity contribution >= 4 is 0 Å². The molecule has 0 aliphatic rings. The number of hydrogen-bond acceptors (Lipinski definition) is 1. The molecular formula is C21H22F6O. The molecule has 0 saturated carbocycles. The van der Waals surface area contributed by atoms with Crippen LogP contribution in [0.4, 0.5) is 26.3 Å². The highest BCUT2D eigenvalue weighted by atomic mass is 19.4. The Balaban J connectivity index is 1.72. The lowest BCUT2D eigenvalue weighted by Crippen LogP contribution is -2.09. The van der Waals surface area contributed by atoms with Crippen molar-refractivity contribution in [1.82, 2.24) is 0 Å². The number of benzene rings is 2. The Morgan fingerprint density at radius 1 is 0.786 bits per heavy atom. The van der Waals surface area contributed by atoms with Crippen LogP contribution in [-0.2, 0) is 18.8 Å². The average Bonchev–Trinajstić information content (AvgIpc) is 2.60. The van der Waals surface area contributed by atoms with E-state index in [2.05, 4.69) is 0 Å². The SMILES string of the molecule is Cc1ccc(OCCCCCCc2cccc(C(F)(F)F)c2)c(C(F)(F)F)c1. The van der Waals surface area contributed by atoms with Crippen molar-refractivity contribution in [2.24, 2.45) is 0 Å². The van der Waals surface area contributed by atoms with Crippen LogP contribution < -0.4 is 4.74 Å². The van der Waals surface area contributed by atoms with Crippen molar-refractivity contribution in [1.29, 1.82) is 0 Å². The van der Waals surface area contributed by atoms with Crippen LogP contribution >= 0.6 is 0 Å². The van der Waals surface area contributed by atoms with Crippen LogP contribution in [0.5, 0.6) is 5.75 Å². The second-order valence-corrected chi connectivity index (χ2v) is 6.71. The Morgan fingerprint density at radius 2 is 1.50 bits per heavy atom.